The highest BCUT2D eigenvalue weighted by molar-refractivity contribution is 5.95. The Morgan fingerprint density at radius 1 is 0.938 bits per heavy atom. The Kier molecular flexibility index (Phi) is 3.42. The third kappa shape index (κ3) is 2.33. The van der Waals surface area contributed by atoms with Gasteiger partial charge in [0.2, 0.25) is 0 Å². The maximum Gasteiger partial charge on any atom is 0.460 e. The average molecular weight is 255 g/mol. The van der Waals surface area contributed by atoms with Crippen molar-refractivity contribution in [2.24, 2.45) is 16.5 Å². The molecule has 0 unspecified atom stereocenters. The van der Waals surface area contributed by atoms with E-state index in [0.717, 1.165) is 0 Å². The molecule has 1 amide bonds. The number of aliphatic imine (C=N–C) groups is 1. The monoisotopic (exact) mass is 255 g/mol. The van der Waals surface area contributed by atoms with Crippen molar-refractivity contribution < 1.29 is 35.5 Å². The third-order valence-corrected chi connectivity index (χ3v) is 1.25. The molecule has 0 aromatic heterocycles. The molecule has 11 heteroatoms. The van der Waals surface area contributed by atoms with Gasteiger partial charge in [-0.2, -0.15) is 35.7 Å². The molecule has 4 N–H and O–H groups in total. The van der Waals surface area contributed by atoms with Gasteiger partial charge in [0.25, 0.3) is 0 Å². The number of amides is 1. The lowest BCUT2D eigenvalue weighted by Gasteiger charge is -2.25. The SMILES string of the molecule is NC(N)=NC(=O)C(F)(F)C(F)(F)C(F)(F)F. The van der Waals surface area contributed by atoms with Gasteiger partial charge in [0.15, 0.2) is 5.96 Å². The van der Waals surface area contributed by atoms with Gasteiger partial charge in [0, 0.05) is 0 Å². The van der Waals surface area contributed by atoms with Crippen LogP contribution in [-0.4, -0.2) is 29.9 Å². The van der Waals surface area contributed by atoms with Gasteiger partial charge in [0.05, 0.1) is 0 Å². The van der Waals surface area contributed by atoms with E-state index < -0.39 is 29.9 Å². The molecule has 0 heterocycles. The Morgan fingerprint density at radius 3 is 1.56 bits per heavy atom. The molecule has 0 radical (unpaired) electrons. The van der Waals surface area contributed by atoms with E-state index >= 15 is 0 Å². The van der Waals surface area contributed by atoms with Crippen molar-refractivity contribution in [3.8, 4) is 0 Å². The van der Waals surface area contributed by atoms with Crippen LogP contribution in [0.15, 0.2) is 4.99 Å². The zero-order valence-corrected chi connectivity index (χ0v) is 7.16. The van der Waals surface area contributed by atoms with Crippen molar-refractivity contribution in [3.05, 3.63) is 0 Å². The fraction of sp³-hybridized carbons (Fsp3) is 0.600. The molecular weight excluding hydrogens is 251 g/mol. The molecule has 0 aliphatic heterocycles. The number of guanidine groups is 1. The Morgan fingerprint density at radius 2 is 1.31 bits per heavy atom. The number of carbonyl (C=O) groups is 1. The average Bonchev–Trinajstić information content (AvgIpc) is 2.00. The van der Waals surface area contributed by atoms with E-state index in [2.05, 4.69) is 11.5 Å². The van der Waals surface area contributed by atoms with Crippen molar-refractivity contribution in [3.63, 3.8) is 0 Å². The summed E-state index contributed by atoms with van der Waals surface area (Å²) < 4.78 is 83.8. The Labute approximate surface area is 83.1 Å². The summed E-state index contributed by atoms with van der Waals surface area (Å²) in [4.78, 5) is 12.2. The number of hydrogen-bond donors (Lipinski definition) is 2. The van der Waals surface area contributed by atoms with Crippen LogP contribution >= 0.6 is 0 Å². The van der Waals surface area contributed by atoms with E-state index in [-0.39, 0.29) is 0 Å². The molecule has 0 aliphatic rings. The third-order valence-electron chi connectivity index (χ3n) is 1.25. The molecule has 0 saturated carbocycles. The minimum absolute atomic E-state index is 1.36. The molecular formula is C5H4F7N3O. The molecule has 4 nitrogen and oxygen atoms in total. The van der Waals surface area contributed by atoms with Crippen LogP contribution in [0.25, 0.3) is 0 Å². The maximum absolute atomic E-state index is 12.4. The number of hydrogen-bond acceptors (Lipinski definition) is 1. The second-order valence-corrected chi connectivity index (χ2v) is 2.49. The maximum atomic E-state index is 12.4. The van der Waals surface area contributed by atoms with Crippen LogP contribution in [0.1, 0.15) is 0 Å². The van der Waals surface area contributed by atoms with Gasteiger partial charge in [-0.15, -0.1) is 0 Å². The van der Waals surface area contributed by atoms with Crippen molar-refractivity contribution in [1.29, 1.82) is 0 Å². The lowest BCUT2D eigenvalue weighted by molar-refractivity contribution is -0.343. The van der Waals surface area contributed by atoms with Gasteiger partial charge in [-0.3, -0.25) is 4.79 Å². The summed E-state index contributed by atoms with van der Waals surface area (Å²) in [5.74, 6) is -17.1. The first-order chi connectivity index (χ1) is 6.84. The highest BCUT2D eigenvalue weighted by Gasteiger charge is 2.76. The van der Waals surface area contributed by atoms with Crippen LogP contribution in [0.4, 0.5) is 30.7 Å². The van der Waals surface area contributed by atoms with Crippen LogP contribution < -0.4 is 11.5 Å². The number of halogens is 7. The summed E-state index contributed by atoms with van der Waals surface area (Å²) in [6.45, 7) is 0. The fourth-order valence-corrected chi connectivity index (χ4v) is 0.500. The summed E-state index contributed by atoms with van der Waals surface area (Å²) in [6, 6.07) is 0. The van der Waals surface area contributed by atoms with E-state index in [1.807, 2.05) is 4.99 Å². The van der Waals surface area contributed by atoms with Gasteiger partial charge >= 0.3 is 23.9 Å². The van der Waals surface area contributed by atoms with Crippen LogP contribution in [0.2, 0.25) is 0 Å². The first kappa shape index (κ1) is 14.5. The predicted molar refractivity (Wildman–Crippen MR) is 36.8 cm³/mol. The van der Waals surface area contributed by atoms with Gasteiger partial charge in [-0.05, 0) is 0 Å². The minimum atomic E-state index is -6.61. The van der Waals surface area contributed by atoms with Crippen molar-refractivity contribution in [2.45, 2.75) is 18.0 Å². The normalized spacial score (nSPS) is 13.4. The Hall–Kier alpha value is -1.55. The van der Waals surface area contributed by atoms with Crippen LogP contribution in [-0.2, 0) is 4.79 Å². The topological polar surface area (TPSA) is 81.5 Å². The molecule has 0 fully saturated rings. The van der Waals surface area contributed by atoms with Gasteiger partial charge < -0.3 is 11.5 Å². The van der Waals surface area contributed by atoms with Crippen molar-refractivity contribution in [2.75, 3.05) is 0 Å². The van der Waals surface area contributed by atoms with Crippen LogP contribution in [0, 0.1) is 0 Å². The summed E-state index contributed by atoms with van der Waals surface area (Å²) in [7, 11) is 0. The van der Waals surface area contributed by atoms with Gasteiger partial charge in [-0.25, -0.2) is 0 Å². The predicted octanol–water partition coefficient (Wildman–Crippen LogP) is 0.619. The smallest absolute Gasteiger partial charge is 0.370 e. The highest BCUT2D eigenvalue weighted by atomic mass is 19.4. The molecule has 0 aliphatic carbocycles. The molecule has 94 valence electrons. The lowest BCUT2D eigenvalue weighted by Crippen LogP contribution is -2.56. The summed E-state index contributed by atoms with van der Waals surface area (Å²) in [5, 5.41) is 0. The zero-order valence-electron chi connectivity index (χ0n) is 7.16. The molecule has 16 heavy (non-hydrogen) atoms. The van der Waals surface area contributed by atoms with Crippen LogP contribution in [0.3, 0.4) is 0 Å². The van der Waals surface area contributed by atoms with E-state index in [4.69, 9.17) is 0 Å². The lowest BCUT2D eigenvalue weighted by atomic mass is 10.1. The van der Waals surface area contributed by atoms with Gasteiger partial charge in [0.1, 0.15) is 0 Å². The molecule has 0 spiro atoms. The molecule has 0 aromatic carbocycles. The summed E-state index contributed by atoms with van der Waals surface area (Å²) in [5.41, 5.74) is 8.78. The number of nitrogens with zero attached hydrogens (tertiary/aromatic N) is 1. The highest BCUT2D eigenvalue weighted by Crippen LogP contribution is 2.46. The van der Waals surface area contributed by atoms with Crippen molar-refractivity contribution in [1.82, 2.24) is 0 Å². The van der Waals surface area contributed by atoms with E-state index in [1.54, 1.807) is 0 Å². The number of alkyl halides is 7. The number of carbonyl (C=O) groups excluding carboxylic acids is 1. The summed E-state index contributed by atoms with van der Waals surface area (Å²) in [6.07, 6.45) is -6.61. The van der Waals surface area contributed by atoms with Crippen molar-refractivity contribution >= 4 is 11.9 Å². The largest absolute Gasteiger partial charge is 0.460 e. The molecule has 0 rings (SSSR count). The van der Waals surface area contributed by atoms with E-state index in [9.17, 15) is 35.5 Å². The molecule has 0 aromatic rings. The molecule has 0 saturated heterocycles. The fourth-order valence-electron chi connectivity index (χ4n) is 0.500. The van der Waals surface area contributed by atoms with E-state index in [1.165, 1.54) is 0 Å². The first-order valence-corrected chi connectivity index (χ1v) is 3.30. The minimum Gasteiger partial charge on any atom is -0.370 e. The summed E-state index contributed by atoms with van der Waals surface area (Å²) >= 11 is 0. The zero-order chi connectivity index (χ0) is 13.4. The number of nitrogens with two attached hydrogens (primary N) is 2. The second kappa shape index (κ2) is 3.79. The Bertz CT molecular complexity index is 316. The van der Waals surface area contributed by atoms with Crippen LogP contribution in [0.5, 0.6) is 0 Å². The van der Waals surface area contributed by atoms with E-state index in [0.29, 0.717) is 0 Å². The van der Waals surface area contributed by atoms with Gasteiger partial charge in [-0.1, -0.05) is 0 Å². The first-order valence-electron chi connectivity index (χ1n) is 3.30. The quantitative estimate of drug-likeness (QED) is 0.431. The second-order valence-electron chi connectivity index (χ2n) is 2.49. The standard InChI is InChI=1S/C5H4F7N3O/c6-3(7,1(16)15-2(13)14)4(8,9)5(10,11)12/h(H4,13,14,15,16). The molecule has 0 atom stereocenters. The Balaban J connectivity index is 5.37. The number of rotatable bonds is 2. The molecule has 0 bridgehead atoms.